The van der Waals surface area contributed by atoms with Gasteiger partial charge in [0.15, 0.2) is 5.82 Å². The van der Waals surface area contributed by atoms with Gasteiger partial charge < -0.3 is 15.6 Å². The van der Waals surface area contributed by atoms with Crippen molar-refractivity contribution in [2.75, 3.05) is 5.73 Å². The molecule has 2 rings (SSSR count). The maximum Gasteiger partial charge on any atom is 0.293 e. The van der Waals surface area contributed by atoms with Crippen molar-refractivity contribution < 1.29 is 18.6 Å². The van der Waals surface area contributed by atoms with Crippen LogP contribution in [0.2, 0.25) is 0 Å². The summed E-state index contributed by atoms with van der Waals surface area (Å²) in [4.78, 5) is 25.7. The highest BCUT2D eigenvalue weighted by Gasteiger charge is 2.23. The van der Waals surface area contributed by atoms with E-state index >= 15 is 0 Å². The predicted molar refractivity (Wildman–Crippen MR) is 67.7 cm³/mol. The van der Waals surface area contributed by atoms with Crippen LogP contribution in [0.3, 0.4) is 0 Å². The van der Waals surface area contributed by atoms with Gasteiger partial charge in [-0.2, -0.15) is 4.98 Å². The van der Waals surface area contributed by atoms with Crippen LogP contribution >= 0.6 is 0 Å². The van der Waals surface area contributed by atoms with Gasteiger partial charge in [0, 0.05) is 13.0 Å². The summed E-state index contributed by atoms with van der Waals surface area (Å²) in [6.07, 6.45) is 0. The molecule has 0 atom stereocenters. The quantitative estimate of drug-likeness (QED) is 0.486. The Morgan fingerprint density at radius 1 is 1.57 bits per heavy atom. The van der Waals surface area contributed by atoms with Crippen LogP contribution in [0.4, 0.5) is 15.8 Å². The molecule has 10 heteroatoms. The summed E-state index contributed by atoms with van der Waals surface area (Å²) in [6.45, 7) is 1.44. The van der Waals surface area contributed by atoms with E-state index in [0.717, 1.165) is 12.1 Å². The monoisotopic (exact) mass is 295 g/mol. The van der Waals surface area contributed by atoms with Crippen LogP contribution in [0.15, 0.2) is 16.7 Å². The minimum atomic E-state index is -0.958. The second kappa shape index (κ2) is 5.53. The molecule has 0 bridgehead atoms. The Balaban J connectivity index is 2.22. The molecule has 0 unspecified atom stereocenters. The zero-order chi connectivity index (χ0) is 15.6. The molecule has 0 saturated heterocycles. The first-order valence-corrected chi connectivity index (χ1v) is 5.70. The van der Waals surface area contributed by atoms with E-state index < -0.39 is 33.6 Å². The van der Waals surface area contributed by atoms with Crippen molar-refractivity contribution >= 4 is 17.3 Å². The number of hydrogen-bond acceptors (Lipinski definition) is 7. The molecular formula is C11H10FN5O4. The van der Waals surface area contributed by atoms with Gasteiger partial charge in [0.25, 0.3) is 11.6 Å². The Hall–Kier alpha value is -3.04. The number of nitro groups is 1. The molecule has 0 saturated carbocycles. The van der Waals surface area contributed by atoms with Crippen LogP contribution in [0, 0.1) is 22.9 Å². The number of nitro benzene ring substituents is 1. The van der Waals surface area contributed by atoms with Crippen LogP contribution < -0.4 is 11.1 Å². The Bertz CT molecular complexity index is 715. The van der Waals surface area contributed by atoms with Gasteiger partial charge in [-0.15, -0.1) is 0 Å². The largest absolute Gasteiger partial charge is 0.392 e. The Kier molecular flexibility index (Phi) is 3.78. The molecular weight excluding hydrogens is 285 g/mol. The summed E-state index contributed by atoms with van der Waals surface area (Å²) in [7, 11) is 0. The zero-order valence-electron chi connectivity index (χ0n) is 10.8. The van der Waals surface area contributed by atoms with Crippen molar-refractivity contribution in [2.45, 2.75) is 13.5 Å². The number of amides is 1. The molecule has 9 nitrogen and oxygen atoms in total. The van der Waals surface area contributed by atoms with Crippen molar-refractivity contribution in [1.82, 2.24) is 15.5 Å². The number of nitrogens with one attached hydrogen (secondary N) is 1. The Labute approximate surface area is 117 Å². The number of benzene rings is 1. The van der Waals surface area contributed by atoms with Crippen molar-refractivity contribution in [3.05, 3.63) is 45.3 Å². The first-order chi connectivity index (χ1) is 9.90. The molecule has 0 aliphatic carbocycles. The minimum absolute atomic E-state index is 0.127. The van der Waals surface area contributed by atoms with Gasteiger partial charge in [-0.05, 0) is 6.07 Å². The van der Waals surface area contributed by atoms with Crippen molar-refractivity contribution in [2.24, 2.45) is 0 Å². The first-order valence-electron chi connectivity index (χ1n) is 5.70. The topological polar surface area (TPSA) is 137 Å². The standard InChI is InChI=1S/C11H10FN5O4/c1-5-15-8(16-21-5)4-14-11(18)9-6(12)2-3-7(10(9)13)17(19)20/h2-3H,4,13H2,1H3,(H,14,18). The molecule has 0 radical (unpaired) electrons. The fraction of sp³-hybridized carbons (Fsp3) is 0.182. The third-order valence-corrected chi connectivity index (χ3v) is 2.57. The van der Waals surface area contributed by atoms with Crippen LogP contribution in [0.1, 0.15) is 22.1 Å². The SMILES string of the molecule is Cc1nc(CNC(=O)c2c(F)ccc([N+](=O)[O-])c2N)no1. The van der Waals surface area contributed by atoms with E-state index in [2.05, 4.69) is 15.5 Å². The summed E-state index contributed by atoms with van der Waals surface area (Å²) in [6, 6.07) is 1.70. The van der Waals surface area contributed by atoms with Crippen molar-refractivity contribution in [3.63, 3.8) is 0 Å². The molecule has 0 aliphatic rings. The number of anilines is 1. The number of nitrogen functional groups attached to an aromatic ring is 1. The Morgan fingerprint density at radius 3 is 2.86 bits per heavy atom. The highest BCUT2D eigenvalue weighted by atomic mass is 19.1. The Morgan fingerprint density at radius 2 is 2.29 bits per heavy atom. The smallest absolute Gasteiger partial charge is 0.293 e. The summed E-state index contributed by atoms with van der Waals surface area (Å²) in [5.41, 5.74) is 3.79. The third-order valence-electron chi connectivity index (χ3n) is 2.57. The van der Waals surface area contributed by atoms with Crippen LogP contribution in [0.25, 0.3) is 0 Å². The van der Waals surface area contributed by atoms with Crippen LogP contribution in [0.5, 0.6) is 0 Å². The highest BCUT2D eigenvalue weighted by Crippen LogP contribution is 2.27. The number of aromatic nitrogens is 2. The lowest BCUT2D eigenvalue weighted by molar-refractivity contribution is -0.384. The zero-order valence-corrected chi connectivity index (χ0v) is 10.8. The fourth-order valence-corrected chi connectivity index (χ4v) is 1.63. The normalized spacial score (nSPS) is 10.4. The molecule has 0 fully saturated rings. The molecule has 1 aromatic heterocycles. The van der Waals surface area contributed by atoms with Gasteiger partial charge in [0.05, 0.1) is 11.5 Å². The lowest BCUT2D eigenvalue weighted by Crippen LogP contribution is -2.25. The number of rotatable bonds is 4. The molecule has 1 heterocycles. The number of hydrogen-bond donors (Lipinski definition) is 2. The van der Waals surface area contributed by atoms with Gasteiger partial charge >= 0.3 is 0 Å². The first kappa shape index (κ1) is 14.4. The number of nitrogens with zero attached hydrogens (tertiary/aromatic N) is 3. The molecule has 2 aromatic rings. The average Bonchev–Trinajstić information content (AvgIpc) is 2.82. The average molecular weight is 295 g/mol. The van der Waals surface area contributed by atoms with E-state index in [4.69, 9.17) is 10.3 Å². The van der Waals surface area contributed by atoms with Gasteiger partial charge in [0.1, 0.15) is 17.1 Å². The summed E-state index contributed by atoms with van der Waals surface area (Å²) < 4.78 is 18.4. The summed E-state index contributed by atoms with van der Waals surface area (Å²) in [5, 5.41) is 16.6. The van der Waals surface area contributed by atoms with E-state index in [9.17, 15) is 19.3 Å². The lowest BCUT2D eigenvalue weighted by Gasteiger charge is -2.07. The van der Waals surface area contributed by atoms with Gasteiger partial charge in [-0.1, -0.05) is 5.16 Å². The van der Waals surface area contributed by atoms with Crippen LogP contribution in [-0.4, -0.2) is 21.0 Å². The maximum absolute atomic E-state index is 13.7. The second-order valence-electron chi connectivity index (χ2n) is 4.02. The molecule has 0 spiro atoms. The third kappa shape index (κ3) is 2.94. The molecule has 1 aromatic carbocycles. The number of carbonyl (C=O) groups excluding carboxylic acids is 1. The van der Waals surface area contributed by atoms with Gasteiger partial charge in [-0.25, -0.2) is 4.39 Å². The summed E-state index contributed by atoms with van der Waals surface area (Å²) in [5.74, 6) is -1.37. The molecule has 0 aliphatic heterocycles. The van der Waals surface area contributed by atoms with E-state index in [1.807, 2.05) is 0 Å². The molecule has 3 N–H and O–H groups in total. The minimum Gasteiger partial charge on any atom is -0.392 e. The number of nitrogens with two attached hydrogens (primary N) is 1. The van der Waals surface area contributed by atoms with Crippen molar-refractivity contribution in [1.29, 1.82) is 0 Å². The second-order valence-corrected chi connectivity index (χ2v) is 4.02. The van der Waals surface area contributed by atoms with E-state index in [1.165, 1.54) is 0 Å². The highest BCUT2D eigenvalue weighted by molar-refractivity contribution is 6.01. The van der Waals surface area contributed by atoms with E-state index in [-0.39, 0.29) is 12.4 Å². The maximum atomic E-state index is 13.7. The van der Waals surface area contributed by atoms with Crippen molar-refractivity contribution in [3.8, 4) is 0 Å². The van der Waals surface area contributed by atoms with Gasteiger partial charge in [-0.3, -0.25) is 14.9 Å². The van der Waals surface area contributed by atoms with E-state index in [0.29, 0.717) is 5.89 Å². The van der Waals surface area contributed by atoms with Crippen LogP contribution in [-0.2, 0) is 6.54 Å². The molecule has 110 valence electrons. The predicted octanol–water partition coefficient (Wildman–Crippen LogP) is 0.938. The fourth-order valence-electron chi connectivity index (χ4n) is 1.63. The lowest BCUT2D eigenvalue weighted by atomic mass is 10.1. The molecule has 21 heavy (non-hydrogen) atoms. The van der Waals surface area contributed by atoms with Gasteiger partial charge in [0.2, 0.25) is 5.89 Å². The number of aryl methyl sites for hydroxylation is 1. The number of halogens is 1. The summed E-state index contributed by atoms with van der Waals surface area (Å²) >= 11 is 0. The van der Waals surface area contributed by atoms with E-state index in [1.54, 1.807) is 6.92 Å². The molecule has 1 amide bonds. The number of carbonyl (C=O) groups is 1.